The molecule has 0 aliphatic heterocycles. The highest BCUT2D eigenvalue weighted by molar-refractivity contribution is 7.47. The highest BCUT2D eigenvalue weighted by Gasteiger charge is 2.20. The summed E-state index contributed by atoms with van der Waals surface area (Å²) in [6.07, 6.45) is 11.4. The summed E-state index contributed by atoms with van der Waals surface area (Å²) in [6, 6.07) is 31.4. The first kappa shape index (κ1) is 41.5. The van der Waals surface area contributed by atoms with Crippen LogP contribution in [0.5, 0.6) is 11.5 Å². The Bertz CT molecular complexity index is 1560. The molecule has 0 heterocycles. The van der Waals surface area contributed by atoms with E-state index in [0.29, 0.717) is 26.1 Å². The predicted octanol–water partition coefficient (Wildman–Crippen LogP) is 13.1. The van der Waals surface area contributed by atoms with Gasteiger partial charge < -0.3 is 14.4 Å². The number of phosphoric acid groups is 1. The van der Waals surface area contributed by atoms with E-state index in [9.17, 15) is 9.46 Å². The fraction of sp³-hybridized carbons (Fsp3) is 0.429. The Kier molecular flexibility index (Phi) is 18.9. The van der Waals surface area contributed by atoms with Crippen molar-refractivity contribution in [1.82, 2.24) is 0 Å². The second-order valence-electron chi connectivity index (χ2n) is 12.9. The molecule has 0 bridgehead atoms. The molecule has 0 saturated carbocycles. The van der Waals surface area contributed by atoms with Gasteiger partial charge in [-0.1, -0.05) is 51.0 Å². The van der Waals surface area contributed by atoms with Crippen LogP contribution in [0, 0.1) is 0 Å². The zero-order valence-corrected chi connectivity index (χ0v) is 32.2. The Balaban J connectivity index is 0.977. The van der Waals surface area contributed by atoms with Crippen LogP contribution in [-0.4, -0.2) is 31.3 Å². The smallest absolute Gasteiger partial charge is 0.472 e. The number of benzene rings is 4. The first-order valence-electron chi connectivity index (χ1n) is 19.0. The summed E-state index contributed by atoms with van der Waals surface area (Å²) in [5.41, 5.74) is 5.81. The second-order valence-corrected chi connectivity index (χ2v) is 14.3. The van der Waals surface area contributed by atoms with E-state index >= 15 is 0 Å². The maximum Gasteiger partial charge on any atom is 0.472 e. The third-order valence-corrected chi connectivity index (χ3v) is 9.39. The molecule has 0 unspecified atom stereocenters. The van der Waals surface area contributed by atoms with E-state index in [4.69, 9.17) is 18.5 Å². The Morgan fingerprint density at radius 3 is 1.11 bits per heavy atom. The van der Waals surface area contributed by atoms with Crippen molar-refractivity contribution in [3.05, 3.63) is 108 Å². The van der Waals surface area contributed by atoms with E-state index in [2.05, 4.69) is 58.6 Å². The summed E-state index contributed by atoms with van der Waals surface area (Å²) in [6.45, 7) is 5.76. The van der Waals surface area contributed by atoms with Crippen LogP contribution in [0.1, 0.15) is 89.2 Å². The molecule has 0 spiro atoms. The quantitative estimate of drug-likeness (QED) is 0.0388. The van der Waals surface area contributed by atoms with Crippen molar-refractivity contribution in [3.8, 4) is 11.5 Å². The zero-order valence-electron chi connectivity index (χ0n) is 31.3. The fourth-order valence-corrected chi connectivity index (χ4v) is 6.00. The monoisotopic (exact) mass is 742 g/mol. The van der Waals surface area contributed by atoms with Crippen LogP contribution in [0.15, 0.2) is 118 Å². The number of unbranched alkanes of at least 4 members (excludes halogenated alkanes) is 6. The molecular formula is C42H55N4O6P. The molecule has 0 aliphatic rings. The van der Waals surface area contributed by atoms with Gasteiger partial charge >= 0.3 is 7.82 Å². The van der Waals surface area contributed by atoms with Gasteiger partial charge in [-0.3, -0.25) is 9.05 Å². The third kappa shape index (κ3) is 17.4. The van der Waals surface area contributed by atoms with E-state index < -0.39 is 7.82 Å². The SMILES string of the molecule is CCCCc1ccc(/N=N/c2ccc(OCCCCCOP(=O)(O)OCCCCCOc3ccc(/N=N/c4ccc(CCCC)cc4)cc3)cc2)cc1. The van der Waals surface area contributed by atoms with Crippen LogP contribution in [0.4, 0.5) is 22.7 Å². The number of rotatable bonds is 26. The summed E-state index contributed by atoms with van der Waals surface area (Å²) < 4.78 is 34.1. The lowest BCUT2D eigenvalue weighted by Gasteiger charge is -2.12. The predicted molar refractivity (Wildman–Crippen MR) is 212 cm³/mol. The van der Waals surface area contributed by atoms with E-state index in [1.165, 1.54) is 36.8 Å². The minimum absolute atomic E-state index is 0.148. The van der Waals surface area contributed by atoms with Crippen molar-refractivity contribution in [2.45, 2.75) is 90.9 Å². The second kappa shape index (κ2) is 24.2. The van der Waals surface area contributed by atoms with E-state index in [-0.39, 0.29) is 13.2 Å². The lowest BCUT2D eigenvalue weighted by atomic mass is 10.1. The zero-order chi connectivity index (χ0) is 37.4. The fourth-order valence-electron chi connectivity index (χ4n) is 5.21. The van der Waals surface area contributed by atoms with Crippen LogP contribution in [0.2, 0.25) is 0 Å². The van der Waals surface area contributed by atoms with Gasteiger partial charge in [0, 0.05) is 0 Å². The van der Waals surface area contributed by atoms with E-state index in [1.807, 2.05) is 72.8 Å². The molecule has 0 amide bonds. The molecular weight excluding hydrogens is 687 g/mol. The number of nitrogens with zero attached hydrogens (tertiary/aromatic N) is 4. The average Bonchev–Trinajstić information content (AvgIpc) is 3.18. The number of hydrogen-bond donors (Lipinski definition) is 1. The number of phosphoric ester groups is 1. The molecule has 11 heteroatoms. The number of hydrogen-bond acceptors (Lipinski definition) is 9. The van der Waals surface area contributed by atoms with Crippen LogP contribution < -0.4 is 9.47 Å². The largest absolute Gasteiger partial charge is 0.494 e. The third-order valence-electron chi connectivity index (χ3n) is 8.37. The van der Waals surface area contributed by atoms with Crippen LogP contribution in [0.25, 0.3) is 0 Å². The van der Waals surface area contributed by atoms with Gasteiger partial charge in [-0.05, 0) is 148 Å². The highest BCUT2D eigenvalue weighted by atomic mass is 31.2. The lowest BCUT2D eigenvalue weighted by molar-refractivity contribution is 0.144. The van der Waals surface area contributed by atoms with Gasteiger partial charge in [0.1, 0.15) is 11.5 Å². The van der Waals surface area contributed by atoms with Crippen molar-refractivity contribution < 1.29 is 28.0 Å². The molecule has 4 rings (SSSR count). The minimum Gasteiger partial charge on any atom is -0.494 e. The number of ether oxygens (including phenoxy) is 2. The van der Waals surface area contributed by atoms with Crippen LogP contribution in [-0.2, 0) is 26.5 Å². The Morgan fingerprint density at radius 2 is 0.774 bits per heavy atom. The van der Waals surface area contributed by atoms with Gasteiger partial charge in [0.15, 0.2) is 0 Å². The molecule has 0 saturated heterocycles. The van der Waals surface area contributed by atoms with Crippen LogP contribution in [0.3, 0.4) is 0 Å². The van der Waals surface area contributed by atoms with Gasteiger partial charge in [0.05, 0.1) is 49.2 Å². The molecule has 4 aromatic carbocycles. The average molecular weight is 743 g/mol. The Labute approximate surface area is 315 Å². The summed E-state index contributed by atoms with van der Waals surface area (Å²) in [5, 5.41) is 17.3. The van der Waals surface area contributed by atoms with E-state index in [0.717, 1.165) is 72.8 Å². The van der Waals surface area contributed by atoms with Crippen molar-refractivity contribution in [2.24, 2.45) is 20.5 Å². The number of aryl methyl sites for hydroxylation is 2. The number of azo groups is 2. The van der Waals surface area contributed by atoms with E-state index in [1.54, 1.807) is 0 Å². The molecule has 10 nitrogen and oxygen atoms in total. The van der Waals surface area contributed by atoms with Gasteiger partial charge in [-0.2, -0.15) is 20.5 Å². The maximum atomic E-state index is 12.2. The normalized spacial score (nSPS) is 11.8. The molecule has 0 radical (unpaired) electrons. The summed E-state index contributed by atoms with van der Waals surface area (Å²) in [4.78, 5) is 9.98. The van der Waals surface area contributed by atoms with Gasteiger partial charge in [-0.15, -0.1) is 0 Å². The Hall–Kier alpha value is -4.21. The molecule has 0 aromatic heterocycles. The highest BCUT2D eigenvalue weighted by Crippen LogP contribution is 2.43. The molecule has 0 atom stereocenters. The lowest BCUT2D eigenvalue weighted by Crippen LogP contribution is -2.02. The molecule has 4 aromatic rings. The van der Waals surface area contributed by atoms with Crippen molar-refractivity contribution >= 4 is 30.6 Å². The minimum atomic E-state index is -4.07. The maximum absolute atomic E-state index is 12.2. The molecule has 1 N–H and O–H groups in total. The first-order valence-corrected chi connectivity index (χ1v) is 20.5. The summed E-state index contributed by atoms with van der Waals surface area (Å²) in [7, 11) is -4.07. The summed E-state index contributed by atoms with van der Waals surface area (Å²) >= 11 is 0. The van der Waals surface area contributed by atoms with Gasteiger partial charge in [0.25, 0.3) is 0 Å². The topological polar surface area (TPSA) is 124 Å². The van der Waals surface area contributed by atoms with Gasteiger partial charge in [0.2, 0.25) is 0 Å². The van der Waals surface area contributed by atoms with Crippen molar-refractivity contribution in [3.63, 3.8) is 0 Å². The van der Waals surface area contributed by atoms with Crippen molar-refractivity contribution in [1.29, 1.82) is 0 Å². The first-order chi connectivity index (χ1) is 25.9. The summed E-state index contributed by atoms with van der Waals surface area (Å²) in [5.74, 6) is 1.51. The molecule has 53 heavy (non-hydrogen) atoms. The molecule has 284 valence electrons. The standard InChI is InChI=1S/C42H55N4O6P/c1-3-5-13-35-15-19-37(20-16-35)43-45-39-23-27-41(28-24-39)49-31-9-7-11-33-51-53(47,48)52-34-12-8-10-32-50-42-29-25-40(26-30-42)46-44-38-21-17-36(18-22-38)14-6-4-2/h15-30H,3-14,31-34H2,1-2H3,(H,47,48)/b45-43+,46-44+. The Morgan fingerprint density at radius 1 is 0.453 bits per heavy atom. The van der Waals surface area contributed by atoms with Crippen molar-refractivity contribution in [2.75, 3.05) is 26.4 Å². The van der Waals surface area contributed by atoms with Gasteiger partial charge in [-0.25, -0.2) is 4.57 Å². The molecule has 0 aliphatic carbocycles. The molecule has 0 fully saturated rings. The van der Waals surface area contributed by atoms with Crippen LogP contribution >= 0.6 is 7.82 Å².